The topological polar surface area (TPSA) is 63.8 Å². The lowest BCUT2D eigenvalue weighted by atomic mass is 10.2. The zero-order chi connectivity index (χ0) is 10.7. The molecule has 0 saturated heterocycles. The Hall–Kier alpha value is -1.84. The molecule has 78 valence electrons. The second kappa shape index (κ2) is 4.13. The molecule has 0 saturated carbocycles. The molecule has 0 fully saturated rings. The molecule has 4 nitrogen and oxygen atoms in total. The quantitative estimate of drug-likeness (QED) is 0.747. The third-order valence-corrected chi connectivity index (χ3v) is 2.20. The van der Waals surface area contributed by atoms with Crippen LogP contribution in [0.1, 0.15) is 13.3 Å². The molecular formula is C11H14N4. The molecule has 0 aliphatic carbocycles. The fraction of sp³-hybridized carbons (Fsp3) is 0.273. The maximum Gasteiger partial charge on any atom is 0.137 e. The molecule has 0 radical (unpaired) electrons. The Balaban J connectivity index is 2.46. The summed E-state index contributed by atoms with van der Waals surface area (Å²) in [5, 5.41) is 4.28. The first-order chi connectivity index (χ1) is 7.31. The van der Waals surface area contributed by atoms with Crippen LogP contribution in [-0.4, -0.2) is 16.5 Å². The molecule has 0 aliphatic rings. The van der Waals surface area contributed by atoms with Crippen molar-refractivity contribution in [3.8, 4) is 0 Å². The van der Waals surface area contributed by atoms with E-state index < -0.39 is 0 Å². The van der Waals surface area contributed by atoms with Gasteiger partial charge in [-0.25, -0.2) is 9.97 Å². The Morgan fingerprint density at radius 3 is 3.00 bits per heavy atom. The molecule has 0 bridgehead atoms. The van der Waals surface area contributed by atoms with Gasteiger partial charge in [0.15, 0.2) is 0 Å². The minimum Gasteiger partial charge on any atom is -0.399 e. The van der Waals surface area contributed by atoms with Gasteiger partial charge in [-0.15, -0.1) is 0 Å². The van der Waals surface area contributed by atoms with Crippen molar-refractivity contribution in [1.29, 1.82) is 0 Å². The summed E-state index contributed by atoms with van der Waals surface area (Å²) in [5.41, 5.74) is 7.30. The molecule has 0 amide bonds. The minimum atomic E-state index is 0.725. The Kier molecular flexibility index (Phi) is 2.67. The molecule has 1 heterocycles. The molecule has 0 atom stereocenters. The highest BCUT2D eigenvalue weighted by molar-refractivity contribution is 5.90. The average molecular weight is 202 g/mol. The van der Waals surface area contributed by atoms with E-state index in [4.69, 9.17) is 5.73 Å². The Morgan fingerprint density at radius 1 is 1.33 bits per heavy atom. The van der Waals surface area contributed by atoms with Gasteiger partial charge in [0.2, 0.25) is 0 Å². The molecule has 3 N–H and O–H groups in total. The maximum absolute atomic E-state index is 5.69. The summed E-state index contributed by atoms with van der Waals surface area (Å²) in [4.78, 5) is 8.39. The second-order valence-corrected chi connectivity index (χ2v) is 3.43. The Bertz CT molecular complexity index is 467. The molecule has 0 aliphatic heterocycles. The number of fused-ring (bicyclic) bond motifs is 1. The highest BCUT2D eigenvalue weighted by Gasteiger charge is 2.02. The van der Waals surface area contributed by atoms with Gasteiger partial charge in [-0.05, 0) is 24.6 Å². The number of benzene rings is 1. The molecule has 1 aromatic heterocycles. The second-order valence-electron chi connectivity index (χ2n) is 3.43. The predicted molar refractivity (Wildman–Crippen MR) is 62.7 cm³/mol. The summed E-state index contributed by atoms with van der Waals surface area (Å²) in [5.74, 6) is 0.877. The summed E-state index contributed by atoms with van der Waals surface area (Å²) in [6, 6.07) is 5.67. The van der Waals surface area contributed by atoms with E-state index in [-0.39, 0.29) is 0 Å². The van der Waals surface area contributed by atoms with Crippen LogP contribution in [-0.2, 0) is 0 Å². The van der Waals surface area contributed by atoms with E-state index in [1.807, 2.05) is 18.2 Å². The number of nitrogen functional groups attached to an aromatic ring is 1. The number of hydrogen-bond acceptors (Lipinski definition) is 4. The van der Waals surface area contributed by atoms with Crippen molar-refractivity contribution in [2.24, 2.45) is 0 Å². The molecule has 4 heteroatoms. The van der Waals surface area contributed by atoms with Crippen LogP contribution in [0.3, 0.4) is 0 Å². The van der Waals surface area contributed by atoms with E-state index in [1.165, 1.54) is 0 Å². The van der Waals surface area contributed by atoms with E-state index in [9.17, 15) is 0 Å². The van der Waals surface area contributed by atoms with E-state index in [0.717, 1.165) is 35.4 Å². The maximum atomic E-state index is 5.69. The van der Waals surface area contributed by atoms with Crippen LogP contribution in [0.25, 0.3) is 10.9 Å². The minimum absolute atomic E-state index is 0.725. The standard InChI is InChI=1S/C11H14N4/c1-2-5-13-11-9-4-3-8(12)6-10(9)14-7-15-11/h3-4,6-7H,2,5,12H2,1H3,(H,13,14,15). The van der Waals surface area contributed by atoms with Gasteiger partial charge in [-0.1, -0.05) is 6.92 Å². The summed E-state index contributed by atoms with van der Waals surface area (Å²) in [6.45, 7) is 3.03. The normalized spacial score (nSPS) is 10.5. The van der Waals surface area contributed by atoms with Gasteiger partial charge in [-0.2, -0.15) is 0 Å². The van der Waals surface area contributed by atoms with E-state index in [0.29, 0.717) is 0 Å². The summed E-state index contributed by atoms with van der Waals surface area (Å²) in [6.07, 6.45) is 2.63. The predicted octanol–water partition coefficient (Wildman–Crippen LogP) is 2.03. The molecule has 1 aromatic carbocycles. The molecule has 0 unspecified atom stereocenters. The first-order valence-corrected chi connectivity index (χ1v) is 5.05. The van der Waals surface area contributed by atoms with Crippen LogP contribution < -0.4 is 11.1 Å². The number of nitrogens with zero attached hydrogens (tertiary/aromatic N) is 2. The van der Waals surface area contributed by atoms with Gasteiger partial charge in [-0.3, -0.25) is 0 Å². The monoisotopic (exact) mass is 202 g/mol. The third-order valence-electron chi connectivity index (χ3n) is 2.20. The summed E-state index contributed by atoms with van der Waals surface area (Å²) < 4.78 is 0. The Labute approximate surface area is 88.5 Å². The van der Waals surface area contributed by atoms with Crippen LogP contribution in [0.15, 0.2) is 24.5 Å². The number of nitrogens with two attached hydrogens (primary N) is 1. The fourth-order valence-electron chi connectivity index (χ4n) is 1.46. The number of aromatic nitrogens is 2. The molecule has 15 heavy (non-hydrogen) atoms. The van der Waals surface area contributed by atoms with E-state index in [2.05, 4.69) is 22.2 Å². The van der Waals surface area contributed by atoms with Crippen molar-refractivity contribution in [2.45, 2.75) is 13.3 Å². The van der Waals surface area contributed by atoms with Gasteiger partial charge < -0.3 is 11.1 Å². The van der Waals surface area contributed by atoms with Crippen LogP contribution in [0.2, 0.25) is 0 Å². The lowest BCUT2D eigenvalue weighted by Gasteiger charge is -2.06. The van der Waals surface area contributed by atoms with Gasteiger partial charge in [0.05, 0.1) is 5.52 Å². The highest BCUT2D eigenvalue weighted by Crippen LogP contribution is 2.20. The number of hydrogen-bond donors (Lipinski definition) is 2. The van der Waals surface area contributed by atoms with Crippen LogP contribution in [0.4, 0.5) is 11.5 Å². The van der Waals surface area contributed by atoms with Gasteiger partial charge in [0.1, 0.15) is 12.1 Å². The van der Waals surface area contributed by atoms with Gasteiger partial charge >= 0.3 is 0 Å². The number of rotatable bonds is 3. The fourth-order valence-corrected chi connectivity index (χ4v) is 1.46. The largest absolute Gasteiger partial charge is 0.399 e. The van der Waals surface area contributed by atoms with Crippen molar-refractivity contribution in [1.82, 2.24) is 9.97 Å². The molecular weight excluding hydrogens is 188 g/mol. The summed E-state index contributed by atoms with van der Waals surface area (Å²) in [7, 11) is 0. The van der Waals surface area contributed by atoms with Crippen LogP contribution >= 0.6 is 0 Å². The van der Waals surface area contributed by atoms with Gasteiger partial charge in [0, 0.05) is 17.6 Å². The van der Waals surface area contributed by atoms with Crippen molar-refractivity contribution < 1.29 is 0 Å². The lowest BCUT2D eigenvalue weighted by molar-refractivity contribution is 0.969. The van der Waals surface area contributed by atoms with E-state index in [1.54, 1.807) is 6.33 Å². The van der Waals surface area contributed by atoms with Crippen molar-refractivity contribution in [3.05, 3.63) is 24.5 Å². The third kappa shape index (κ3) is 1.98. The highest BCUT2D eigenvalue weighted by atomic mass is 15.0. The van der Waals surface area contributed by atoms with Crippen LogP contribution in [0.5, 0.6) is 0 Å². The summed E-state index contributed by atoms with van der Waals surface area (Å²) >= 11 is 0. The van der Waals surface area contributed by atoms with Crippen molar-refractivity contribution >= 4 is 22.4 Å². The molecule has 0 spiro atoms. The first kappa shape index (κ1) is 9.71. The first-order valence-electron chi connectivity index (χ1n) is 5.05. The SMILES string of the molecule is CCCNc1ncnc2cc(N)ccc12. The van der Waals surface area contributed by atoms with E-state index >= 15 is 0 Å². The molecule has 2 aromatic rings. The zero-order valence-corrected chi connectivity index (χ0v) is 8.70. The number of nitrogens with one attached hydrogen (secondary N) is 1. The number of anilines is 2. The Morgan fingerprint density at radius 2 is 2.20 bits per heavy atom. The van der Waals surface area contributed by atoms with Crippen molar-refractivity contribution in [3.63, 3.8) is 0 Å². The molecule has 2 rings (SSSR count). The lowest BCUT2D eigenvalue weighted by Crippen LogP contribution is -2.03. The zero-order valence-electron chi connectivity index (χ0n) is 8.70. The smallest absolute Gasteiger partial charge is 0.137 e. The van der Waals surface area contributed by atoms with Crippen LogP contribution in [0, 0.1) is 0 Å². The van der Waals surface area contributed by atoms with Gasteiger partial charge in [0.25, 0.3) is 0 Å². The average Bonchev–Trinajstić information content (AvgIpc) is 2.25. The van der Waals surface area contributed by atoms with Crippen molar-refractivity contribution in [2.75, 3.05) is 17.6 Å².